The number of anilines is 1. The number of hydrogen-bond acceptors (Lipinski definition) is 2. The van der Waals surface area contributed by atoms with Crippen LogP contribution >= 0.6 is 11.6 Å². The van der Waals surface area contributed by atoms with Gasteiger partial charge in [0.1, 0.15) is 0 Å². The number of halogens is 1. The molecule has 0 aliphatic carbocycles. The molecule has 2 N–H and O–H groups in total. The number of rotatable bonds is 4. The van der Waals surface area contributed by atoms with E-state index in [1.165, 1.54) is 6.07 Å². The third-order valence-corrected chi connectivity index (χ3v) is 2.91. The molecule has 0 saturated heterocycles. The highest BCUT2D eigenvalue weighted by atomic mass is 35.5. The van der Waals surface area contributed by atoms with Crippen LogP contribution in [0.25, 0.3) is 0 Å². The second-order valence-corrected chi connectivity index (χ2v) is 4.58. The molecule has 0 spiro atoms. The molecule has 0 aliphatic heterocycles. The number of carboxylic acid groups (broad SMARTS) is 1. The summed E-state index contributed by atoms with van der Waals surface area (Å²) in [6, 6.07) is 4.99. The van der Waals surface area contributed by atoms with E-state index < -0.39 is 5.97 Å². The van der Waals surface area contributed by atoms with Crippen molar-refractivity contribution < 1.29 is 9.90 Å². The van der Waals surface area contributed by atoms with Gasteiger partial charge in [0.25, 0.3) is 0 Å². The summed E-state index contributed by atoms with van der Waals surface area (Å²) in [7, 11) is 0. The molecule has 1 atom stereocenters. The maximum atomic E-state index is 10.7. The highest BCUT2D eigenvalue weighted by Gasteiger charge is 2.11. The van der Waals surface area contributed by atoms with Crippen molar-refractivity contribution in [2.24, 2.45) is 5.92 Å². The minimum absolute atomic E-state index is 0.202. The number of aromatic carboxylic acids is 1. The summed E-state index contributed by atoms with van der Waals surface area (Å²) in [5.41, 5.74) is 0.973. The van der Waals surface area contributed by atoms with Crippen molar-refractivity contribution in [3.63, 3.8) is 0 Å². The van der Waals surface area contributed by atoms with Gasteiger partial charge in [-0.15, -0.1) is 0 Å². The maximum absolute atomic E-state index is 10.7. The Morgan fingerprint density at radius 1 is 1.38 bits per heavy atom. The Hall–Kier alpha value is -1.22. The maximum Gasteiger partial charge on any atom is 0.335 e. The van der Waals surface area contributed by atoms with E-state index in [2.05, 4.69) is 26.1 Å². The van der Waals surface area contributed by atoms with Gasteiger partial charge < -0.3 is 10.4 Å². The summed E-state index contributed by atoms with van der Waals surface area (Å²) in [4.78, 5) is 10.7. The molecule has 16 heavy (non-hydrogen) atoms. The van der Waals surface area contributed by atoms with Gasteiger partial charge in [-0.25, -0.2) is 4.79 Å². The first-order chi connectivity index (χ1) is 7.41. The van der Waals surface area contributed by atoms with Gasteiger partial charge in [0, 0.05) is 6.04 Å². The molecule has 1 aromatic carbocycles. The molecular formula is C12H16ClNO2. The number of hydrogen-bond donors (Lipinski definition) is 2. The second-order valence-electron chi connectivity index (χ2n) is 4.18. The van der Waals surface area contributed by atoms with Crippen molar-refractivity contribution in [3.8, 4) is 0 Å². The van der Waals surface area contributed by atoms with E-state index in [4.69, 9.17) is 16.7 Å². The first-order valence-corrected chi connectivity index (χ1v) is 5.59. The Labute approximate surface area is 100 Å². The summed E-state index contributed by atoms with van der Waals surface area (Å²) in [5.74, 6) is -0.486. The van der Waals surface area contributed by atoms with Gasteiger partial charge in [0.15, 0.2) is 0 Å². The van der Waals surface area contributed by atoms with Crippen LogP contribution in [0.2, 0.25) is 5.02 Å². The monoisotopic (exact) mass is 241 g/mol. The first kappa shape index (κ1) is 12.8. The smallest absolute Gasteiger partial charge is 0.335 e. The molecule has 4 heteroatoms. The normalized spacial score (nSPS) is 12.6. The van der Waals surface area contributed by atoms with Gasteiger partial charge >= 0.3 is 5.97 Å². The Balaban J connectivity index is 2.87. The minimum atomic E-state index is -0.967. The van der Waals surface area contributed by atoms with Gasteiger partial charge in [0.2, 0.25) is 0 Å². The molecule has 0 aromatic heterocycles. The van der Waals surface area contributed by atoms with E-state index in [-0.39, 0.29) is 11.6 Å². The average molecular weight is 242 g/mol. The lowest BCUT2D eigenvalue weighted by molar-refractivity contribution is 0.0697. The molecule has 0 aliphatic rings. The van der Waals surface area contributed by atoms with Crippen LogP contribution in [-0.4, -0.2) is 17.1 Å². The standard InChI is InChI=1S/C12H16ClNO2/c1-7(2)8(3)14-11-5-4-9(12(15)16)6-10(11)13/h4-8,14H,1-3H3,(H,15,16). The van der Waals surface area contributed by atoms with Crippen LogP contribution < -0.4 is 5.32 Å². The molecule has 0 bridgehead atoms. The zero-order chi connectivity index (χ0) is 12.3. The first-order valence-electron chi connectivity index (χ1n) is 5.21. The average Bonchev–Trinajstić information content (AvgIpc) is 2.20. The van der Waals surface area contributed by atoms with Crippen LogP contribution in [0.15, 0.2) is 18.2 Å². The van der Waals surface area contributed by atoms with Crippen LogP contribution in [-0.2, 0) is 0 Å². The third-order valence-electron chi connectivity index (χ3n) is 2.60. The molecule has 3 nitrogen and oxygen atoms in total. The quantitative estimate of drug-likeness (QED) is 0.848. The van der Waals surface area contributed by atoms with Gasteiger partial charge in [-0.1, -0.05) is 25.4 Å². The third kappa shape index (κ3) is 3.14. The molecule has 0 radical (unpaired) electrons. The molecule has 0 saturated carbocycles. The summed E-state index contributed by atoms with van der Waals surface area (Å²) in [6.45, 7) is 6.28. The Kier molecular flexibility index (Phi) is 4.19. The highest BCUT2D eigenvalue weighted by molar-refractivity contribution is 6.33. The van der Waals surface area contributed by atoms with Gasteiger partial charge in [-0.3, -0.25) is 0 Å². The number of carboxylic acids is 1. The van der Waals surface area contributed by atoms with Gasteiger partial charge in [0.05, 0.1) is 16.3 Å². The zero-order valence-electron chi connectivity index (χ0n) is 9.62. The van der Waals surface area contributed by atoms with Crippen molar-refractivity contribution in [3.05, 3.63) is 28.8 Å². The topological polar surface area (TPSA) is 49.3 Å². The number of nitrogens with one attached hydrogen (secondary N) is 1. The van der Waals surface area contributed by atoms with Crippen molar-refractivity contribution in [1.29, 1.82) is 0 Å². The summed E-state index contributed by atoms with van der Waals surface area (Å²) in [6.07, 6.45) is 0. The second kappa shape index (κ2) is 5.21. The lowest BCUT2D eigenvalue weighted by Crippen LogP contribution is -2.21. The van der Waals surface area contributed by atoms with Crippen LogP contribution in [0.1, 0.15) is 31.1 Å². The van der Waals surface area contributed by atoms with Crippen molar-refractivity contribution >= 4 is 23.3 Å². The summed E-state index contributed by atoms with van der Waals surface area (Å²) >= 11 is 6.00. The van der Waals surface area contributed by atoms with E-state index in [0.29, 0.717) is 10.9 Å². The van der Waals surface area contributed by atoms with E-state index >= 15 is 0 Å². The molecule has 0 heterocycles. The molecule has 0 amide bonds. The van der Waals surface area contributed by atoms with Crippen LogP contribution in [0.4, 0.5) is 5.69 Å². The van der Waals surface area contributed by atoms with Crippen molar-refractivity contribution in [2.45, 2.75) is 26.8 Å². The Morgan fingerprint density at radius 2 is 2.00 bits per heavy atom. The lowest BCUT2D eigenvalue weighted by Gasteiger charge is -2.19. The van der Waals surface area contributed by atoms with Gasteiger partial charge in [-0.05, 0) is 31.0 Å². The summed E-state index contributed by atoms with van der Waals surface area (Å²) < 4.78 is 0. The fourth-order valence-electron chi connectivity index (χ4n) is 1.18. The largest absolute Gasteiger partial charge is 0.478 e. The number of benzene rings is 1. The molecule has 1 unspecified atom stereocenters. The molecule has 0 fully saturated rings. The van der Waals surface area contributed by atoms with Crippen LogP contribution in [0.3, 0.4) is 0 Å². The fourth-order valence-corrected chi connectivity index (χ4v) is 1.41. The van der Waals surface area contributed by atoms with E-state index in [9.17, 15) is 4.79 Å². The molecular weight excluding hydrogens is 226 g/mol. The van der Waals surface area contributed by atoms with E-state index in [0.717, 1.165) is 5.69 Å². The van der Waals surface area contributed by atoms with E-state index in [1.54, 1.807) is 12.1 Å². The predicted octanol–water partition coefficient (Wildman–Crippen LogP) is 3.49. The minimum Gasteiger partial charge on any atom is -0.478 e. The van der Waals surface area contributed by atoms with E-state index in [1.807, 2.05) is 0 Å². The highest BCUT2D eigenvalue weighted by Crippen LogP contribution is 2.24. The van der Waals surface area contributed by atoms with Crippen molar-refractivity contribution in [2.75, 3.05) is 5.32 Å². The Morgan fingerprint density at radius 3 is 2.44 bits per heavy atom. The van der Waals surface area contributed by atoms with Crippen LogP contribution in [0, 0.1) is 5.92 Å². The van der Waals surface area contributed by atoms with Gasteiger partial charge in [-0.2, -0.15) is 0 Å². The molecule has 88 valence electrons. The fraction of sp³-hybridized carbons (Fsp3) is 0.417. The lowest BCUT2D eigenvalue weighted by atomic mass is 10.1. The van der Waals surface area contributed by atoms with Crippen molar-refractivity contribution in [1.82, 2.24) is 0 Å². The summed E-state index contributed by atoms with van der Waals surface area (Å²) in [5, 5.41) is 12.5. The zero-order valence-corrected chi connectivity index (χ0v) is 10.4. The molecule has 1 rings (SSSR count). The predicted molar refractivity (Wildman–Crippen MR) is 66.3 cm³/mol. The molecule has 1 aromatic rings. The number of carbonyl (C=O) groups is 1. The van der Waals surface area contributed by atoms with Crippen LogP contribution in [0.5, 0.6) is 0 Å². The Bertz CT molecular complexity index is 391. The SMILES string of the molecule is CC(C)C(C)Nc1ccc(C(=O)O)cc1Cl.